The summed E-state index contributed by atoms with van der Waals surface area (Å²) < 4.78 is 17.6. The maximum atomic E-state index is 12.8. The molecule has 0 saturated carbocycles. The van der Waals surface area contributed by atoms with Gasteiger partial charge in [-0.05, 0) is 24.1 Å². The largest absolute Gasteiger partial charge is 0.494 e. The molecule has 1 aromatic carbocycles. The molecule has 1 rings (SSSR count). The van der Waals surface area contributed by atoms with Crippen molar-refractivity contribution in [1.29, 1.82) is 0 Å². The summed E-state index contributed by atoms with van der Waals surface area (Å²) in [5.74, 6) is -0.0290. The smallest absolute Gasteiger partial charge is 0.165 e. The van der Waals surface area contributed by atoms with Crippen LogP contribution in [-0.2, 0) is 0 Å². The van der Waals surface area contributed by atoms with Crippen LogP contribution in [0.1, 0.15) is 12.5 Å². The Bertz CT molecular complexity index is 245. The fourth-order valence-electron chi connectivity index (χ4n) is 0.856. The Morgan fingerprint density at radius 1 is 1.45 bits per heavy atom. The third-order valence-corrected chi connectivity index (χ3v) is 1.51. The molecule has 2 heteroatoms. The van der Waals surface area contributed by atoms with Crippen LogP contribution in [0.5, 0.6) is 5.75 Å². The zero-order valence-electron chi connectivity index (χ0n) is 6.60. The number of rotatable bonds is 2. The van der Waals surface area contributed by atoms with Crippen LogP contribution in [0.15, 0.2) is 18.2 Å². The molecule has 0 aliphatic carbocycles. The molecular weight excluding hydrogens is 143 g/mol. The number of halogens is 1. The van der Waals surface area contributed by atoms with E-state index < -0.39 is 0 Å². The molecule has 0 amide bonds. The molecule has 0 fully saturated rings. The van der Waals surface area contributed by atoms with Crippen molar-refractivity contribution < 1.29 is 9.13 Å². The topological polar surface area (TPSA) is 9.23 Å². The third-order valence-electron chi connectivity index (χ3n) is 1.51. The van der Waals surface area contributed by atoms with Crippen molar-refractivity contribution in [2.75, 3.05) is 7.11 Å². The van der Waals surface area contributed by atoms with E-state index in [0.717, 1.165) is 5.56 Å². The molecule has 0 saturated heterocycles. The molecule has 0 bridgehead atoms. The Balaban J connectivity index is 3.02. The van der Waals surface area contributed by atoms with Gasteiger partial charge in [-0.1, -0.05) is 13.0 Å². The Morgan fingerprint density at radius 3 is 2.73 bits per heavy atom. The quantitative estimate of drug-likeness (QED) is 0.634. The summed E-state index contributed by atoms with van der Waals surface area (Å²) in [5.41, 5.74) is 0.961. The van der Waals surface area contributed by atoms with Gasteiger partial charge in [-0.25, -0.2) is 4.39 Å². The van der Waals surface area contributed by atoms with Crippen LogP contribution in [-0.4, -0.2) is 7.11 Å². The first kappa shape index (κ1) is 8.05. The number of ether oxygens (including phenoxy) is 1. The molecular formula is C9H10FO. The average molecular weight is 153 g/mol. The van der Waals surface area contributed by atoms with Crippen molar-refractivity contribution in [1.82, 2.24) is 0 Å². The van der Waals surface area contributed by atoms with Gasteiger partial charge in [0.25, 0.3) is 0 Å². The molecule has 1 nitrogen and oxygen atoms in total. The van der Waals surface area contributed by atoms with Crippen molar-refractivity contribution >= 4 is 0 Å². The summed E-state index contributed by atoms with van der Waals surface area (Å²) in [6, 6.07) is 4.77. The zero-order valence-corrected chi connectivity index (χ0v) is 6.60. The molecule has 0 aliphatic rings. The molecule has 0 heterocycles. The van der Waals surface area contributed by atoms with Gasteiger partial charge in [-0.2, -0.15) is 0 Å². The highest BCUT2D eigenvalue weighted by Gasteiger charge is 2.01. The van der Waals surface area contributed by atoms with E-state index >= 15 is 0 Å². The van der Waals surface area contributed by atoms with E-state index in [1.54, 1.807) is 12.1 Å². The first-order valence-corrected chi connectivity index (χ1v) is 3.41. The first-order chi connectivity index (χ1) is 5.27. The molecule has 1 aromatic rings. The van der Waals surface area contributed by atoms with Gasteiger partial charge in [0.2, 0.25) is 0 Å². The van der Waals surface area contributed by atoms with Crippen molar-refractivity contribution in [2.45, 2.75) is 6.92 Å². The van der Waals surface area contributed by atoms with Crippen molar-refractivity contribution in [3.63, 3.8) is 0 Å². The van der Waals surface area contributed by atoms with Crippen LogP contribution in [0.25, 0.3) is 0 Å². The standard InChI is InChI=1S/C9H10FO/c1-3-7-4-5-8(10)9(6-7)11-2/h3-6H,1-2H3. The van der Waals surface area contributed by atoms with E-state index in [4.69, 9.17) is 4.74 Å². The Hall–Kier alpha value is -1.05. The lowest BCUT2D eigenvalue weighted by atomic mass is 10.1. The Kier molecular flexibility index (Phi) is 2.47. The maximum absolute atomic E-state index is 12.8. The van der Waals surface area contributed by atoms with E-state index in [1.807, 2.05) is 13.3 Å². The van der Waals surface area contributed by atoms with E-state index in [0.29, 0.717) is 5.75 Å². The number of hydrogen-bond acceptors (Lipinski definition) is 1. The summed E-state index contributed by atoms with van der Waals surface area (Å²) in [5, 5.41) is 0. The van der Waals surface area contributed by atoms with E-state index in [2.05, 4.69) is 0 Å². The summed E-state index contributed by atoms with van der Waals surface area (Å²) >= 11 is 0. The van der Waals surface area contributed by atoms with Gasteiger partial charge in [-0.3, -0.25) is 0 Å². The van der Waals surface area contributed by atoms with Crippen molar-refractivity contribution in [3.05, 3.63) is 36.0 Å². The number of hydrogen-bond donors (Lipinski definition) is 0. The second kappa shape index (κ2) is 3.37. The second-order valence-corrected chi connectivity index (χ2v) is 2.18. The number of methoxy groups -OCH3 is 1. The molecule has 0 aromatic heterocycles. The highest BCUT2D eigenvalue weighted by Crippen LogP contribution is 2.18. The van der Waals surface area contributed by atoms with Gasteiger partial charge in [0.1, 0.15) is 0 Å². The summed E-state index contributed by atoms with van der Waals surface area (Å²) in [6.07, 6.45) is 1.89. The van der Waals surface area contributed by atoms with Crippen molar-refractivity contribution in [3.8, 4) is 5.75 Å². The summed E-state index contributed by atoms with van der Waals surface area (Å²) in [7, 11) is 1.46. The number of benzene rings is 1. The predicted octanol–water partition coefficient (Wildman–Crippen LogP) is 2.41. The highest BCUT2D eigenvalue weighted by atomic mass is 19.1. The first-order valence-electron chi connectivity index (χ1n) is 3.41. The van der Waals surface area contributed by atoms with E-state index in [1.165, 1.54) is 13.2 Å². The SMILES string of the molecule is C[CH]c1ccc(F)c(OC)c1. The minimum Gasteiger partial charge on any atom is -0.494 e. The fourth-order valence-corrected chi connectivity index (χ4v) is 0.856. The zero-order chi connectivity index (χ0) is 8.27. The van der Waals surface area contributed by atoms with Crippen LogP contribution in [0.3, 0.4) is 0 Å². The molecule has 59 valence electrons. The van der Waals surface area contributed by atoms with Gasteiger partial charge >= 0.3 is 0 Å². The Labute approximate surface area is 65.8 Å². The van der Waals surface area contributed by atoms with Crippen LogP contribution >= 0.6 is 0 Å². The highest BCUT2D eigenvalue weighted by molar-refractivity contribution is 5.33. The van der Waals surface area contributed by atoms with Gasteiger partial charge < -0.3 is 4.74 Å². The second-order valence-electron chi connectivity index (χ2n) is 2.18. The Morgan fingerprint density at radius 2 is 2.18 bits per heavy atom. The molecule has 0 unspecified atom stereocenters. The van der Waals surface area contributed by atoms with Gasteiger partial charge in [-0.15, -0.1) is 0 Å². The maximum Gasteiger partial charge on any atom is 0.165 e. The van der Waals surface area contributed by atoms with Crippen LogP contribution in [0.2, 0.25) is 0 Å². The average Bonchev–Trinajstić information content (AvgIpc) is 2.05. The lowest BCUT2D eigenvalue weighted by Crippen LogP contribution is -1.88. The van der Waals surface area contributed by atoms with Gasteiger partial charge in [0.15, 0.2) is 11.6 Å². The normalized spacial score (nSPS) is 9.73. The minimum absolute atomic E-state index is 0.292. The summed E-state index contributed by atoms with van der Waals surface area (Å²) in [6.45, 7) is 1.90. The van der Waals surface area contributed by atoms with Gasteiger partial charge in [0.05, 0.1) is 7.11 Å². The lowest BCUT2D eigenvalue weighted by molar-refractivity contribution is 0.386. The predicted molar refractivity (Wildman–Crippen MR) is 42.0 cm³/mol. The molecule has 0 aliphatic heterocycles. The summed E-state index contributed by atoms with van der Waals surface area (Å²) in [4.78, 5) is 0. The van der Waals surface area contributed by atoms with Crippen LogP contribution < -0.4 is 4.74 Å². The monoisotopic (exact) mass is 153 g/mol. The fraction of sp³-hybridized carbons (Fsp3) is 0.222. The lowest BCUT2D eigenvalue weighted by Gasteiger charge is -2.02. The van der Waals surface area contributed by atoms with Crippen LogP contribution in [0, 0.1) is 12.2 Å². The van der Waals surface area contributed by atoms with E-state index in [-0.39, 0.29) is 5.82 Å². The third kappa shape index (κ3) is 1.70. The van der Waals surface area contributed by atoms with E-state index in [9.17, 15) is 4.39 Å². The molecule has 1 radical (unpaired) electrons. The molecule has 0 atom stereocenters. The molecule has 11 heavy (non-hydrogen) atoms. The molecule has 0 spiro atoms. The van der Waals surface area contributed by atoms with Crippen molar-refractivity contribution in [2.24, 2.45) is 0 Å². The van der Waals surface area contributed by atoms with Gasteiger partial charge in [0, 0.05) is 0 Å². The minimum atomic E-state index is -0.321. The van der Waals surface area contributed by atoms with Crippen LogP contribution in [0.4, 0.5) is 4.39 Å². The molecule has 0 N–H and O–H groups in total.